The highest BCUT2D eigenvalue weighted by atomic mass is 19.1. The summed E-state index contributed by atoms with van der Waals surface area (Å²) in [6.45, 7) is 0. The third-order valence-corrected chi connectivity index (χ3v) is 14.2. The van der Waals surface area contributed by atoms with E-state index >= 15 is 0 Å². The monoisotopic (exact) mass is 864 g/mol. The van der Waals surface area contributed by atoms with Crippen molar-refractivity contribution in [2.75, 3.05) is 9.80 Å². The van der Waals surface area contributed by atoms with Crippen LogP contribution in [0.3, 0.4) is 0 Å². The van der Waals surface area contributed by atoms with Crippen LogP contribution in [-0.4, -0.2) is 27.7 Å². The van der Waals surface area contributed by atoms with Crippen molar-refractivity contribution in [3.05, 3.63) is 251 Å². The Morgan fingerprint density at radius 2 is 1.27 bits per heavy atom. The molecule has 0 saturated heterocycles. The second-order valence-corrected chi connectivity index (χ2v) is 18.0. The lowest BCUT2D eigenvalue weighted by atomic mass is 9.87. The maximum atomic E-state index is 14.5. The number of hydrogen-bond donors (Lipinski definition) is 0. The molecule has 0 radical (unpaired) electrons. The van der Waals surface area contributed by atoms with Gasteiger partial charge in [0.15, 0.2) is 0 Å². The van der Waals surface area contributed by atoms with Crippen LogP contribution in [-0.2, 0) is 6.42 Å². The van der Waals surface area contributed by atoms with E-state index in [4.69, 9.17) is 0 Å². The van der Waals surface area contributed by atoms with Gasteiger partial charge in [-0.25, -0.2) is 8.78 Å². The van der Waals surface area contributed by atoms with E-state index < -0.39 is 6.17 Å². The molecule has 66 heavy (non-hydrogen) atoms. The molecule has 0 fully saturated rings. The molecule has 0 amide bonds. The Labute approximate surface area is 385 Å². The number of fused-ring (bicyclic) bond motifs is 6. The first kappa shape index (κ1) is 40.1. The van der Waals surface area contributed by atoms with Gasteiger partial charge >= 0.3 is 0 Å². The zero-order chi connectivity index (χ0) is 44.1. The van der Waals surface area contributed by atoms with Gasteiger partial charge in [0, 0.05) is 68.6 Å². The molecule has 2 heterocycles. The van der Waals surface area contributed by atoms with Gasteiger partial charge in [-0.1, -0.05) is 103 Å². The number of halogens is 2. The molecule has 0 spiro atoms. The zero-order valence-corrected chi connectivity index (χ0v) is 36.8. The van der Waals surface area contributed by atoms with Gasteiger partial charge in [0.1, 0.15) is 12.0 Å². The Hall–Kier alpha value is -7.44. The van der Waals surface area contributed by atoms with Crippen molar-refractivity contribution < 1.29 is 8.78 Å². The van der Waals surface area contributed by atoms with Crippen LogP contribution < -0.4 is 9.80 Å². The summed E-state index contributed by atoms with van der Waals surface area (Å²) in [5.41, 5.74) is 18.2. The van der Waals surface area contributed by atoms with Crippen LogP contribution >= 0.6 is 0 Å². The zero-order valence-electron chi connectivity index (χ0n) is 36.8. The summed E-state index contributed by atoms with van der Waals surface area (Å²) in [5.74, 6) is -0.240. The highest BCUT2D eigenvalue weighted by Gasteiger charge is 2.37. The highest BCUT2D eigenvalue weighted by Crippen LogP contribution is 2.49. The van der Waals surface area contributed by atoms with Crippen molar-refractivity contribution in [1.82, 2.24) is 9.47 Å². The Kier molecular flexibility index (Phi) is 10.2. The quantitative estimate of drug-likeness (QED) is 0.144. The lowest BCUT2D eigenvalue weighted by Gasteiger charge is -2.38. The van der Waals surface area contributed by atoms with E-state index in [1.807, 2.05) is 18.2 Å². The van der Waals surface area contributed by atoms with Crippen molar-refractivity contribution >= 4 is 39.6 Å². The molecular formula is C60H50F2N4. The molecule has 3 atom stereocenters. The minimum Gasteiger partial charge on any atom is -0.338 e. The lowest BCUT2D eigenvalue weighted by Crippen LogP contribution is -2.36. The minimum absolute atomic E-state index is 0.0797. The van der Waals surface area contributed by atoms with E-state index in [1.54, 1.807) is 18.2 Å². The van der Waals surface area contributed by atoms with Gasteiger partial charge in [-0.05, 0) is 158 Å². The summed E-state index contributed by atoms with van der Waals surface area (Å²) in [4.78, 5) is 7.27. The van der Waals surface area contributed by atoms with Gasteiger partial charge in [0.05, 0.1) is 17.6 Å². The summed E-state index contributed by atoms with van der Waals surface area (Å²) in [6.07, 6.45) is 29.0. The van der Waals surface area contributed by atoms with Gasteiger partial charge in [0.25, 0.3) is 0 Å². The SMILES string of the molecule is Fc1ccc(N(C2=CCC3C(=C2)c2ccccc2N3c2ccccc2)C2=CC=C(C3=CC=C(N(C4=CCC(F)C=C4)C4C=Cc5c(c6ccccc6n5-c5ccccc5)C4)CC3)CC2)cc1. The number of para-hydroxylation sites is 4. The summed E-state index contributed by atoms with van der Waals surface area (Å²) in [7, 11) is 0. The van der Waals surface area contributed by atoms with Crippen LogP contribution in [0.4, 0.5) is 25.8 Å². The van der Waals surface area contributed by atoms with Gasteiger partial charge in [-0.15, -0.1) is 0 Å². The van der Waals surface area contributed by atoms with Crippen LogP contribution in [0.1, 0.15) is 55.3 Å². The van der Waals surface area contributed by atoms with E-state index in [2.05, 4.69) is 183 Å². The third kappa shape index (κ3) is 7.12. The van der Waals surface area contributed by atoms with Crippen LogP contribution in [0.25, 0.3) is 28.2 Å². The maximum Gasteiger partial charge on any atom is 0.123 e. The molecule has 0 saturated carbocycles. The van der Waals surface area contributed by atoms with Crippen molar-refractivity contribution in [2.24, 2.45) is 0 Å². The van der Waals surface area contributed by atoms with E-state index in [-0.39, 0.29) is 17.9 Å². The van der Waals surface area contributed by atoms with E-state index in [0.29, 0.717) is 6.42 Å². The molecule has 3 unspecified atom stereocenters. The van der Waals surface area contributed by atoms with Crippen molar-refractivity contribution in [3.8, 4) is 5.69 Å². The number of allylic oxidation sites excluding steroid dienone is 12. The highest BCUT2D eigenvalue weighted by molar-refractivity contribution is 5.94. The molecule has 6 aromatic rings. The fraction of sp³-hybridized carbons (Fsp3) is 0.167. The number of anilines is 3. The predicted molar refractivity (Wildman–Crippen MR) is 268 cm³/mol. The van der Waals surface area contributed by atoms with Gasteiger partial charge in [-0.2, -0.15) is 0 Å². The van der Waals surface area contributed by atoms with Gasteiger partial charge < -0.3 is 19.3 Å². The molecule has 5 aromatic carbocycles. The topological polar surface area (TPSA) is 14.7 Å². The molecule has 6 heteroatoms. The molecule has 0 N–H and O–H groups in total. The number of alkyl halides is 1. The molecule has 5 aliphatic carbocycles. The number of nitrogens with zero attached hydrogens (tertiary/aromatic N) is 4. The van der Waals surface area contributed by atoms with E-state index in [0.717, 1.165) is 61.3 Å². The van der Waals surface area contributed by atoms with Gasteiger partial charge in [-0.3, -0.25) is 0 Å². The van der Waals surface area contributed by atoms with Crippen LogP contribution in [0.15, 0.2) is 228 Å². The maximum absolute atomic E-state index is 14.5. The fourth-order valence-corrected chi connectivity index (χ4v) is 11.1. The standard InChI is InChI=1S/C60H50F2N4/c61-43-23-31-49(32-24-43)63(51-35-37-59-55(39-51)53-15-7-9-17-57(53)65(59)45-11-3-1-4-12-45)47-27-19-41(20-28-47)42-21-29-48(30-22-42)64(50-33-25-44(62)26-34-50)52-36-38-60-56(40-52)54-16-8-10-18-58(54)66(60)46-13-5-2-6-14-46/h1-19,21,23-25,27,29,31-36,38-39,44,52,59H,20,22,26,28,30,37,40H2. The molecule has 324 valence electrons. The number of aromatic nitrogens is 1. The average Bonchev–Trinajstić information content (AvgIpc) is 3.89. The Morgan fingerprint density at radius 1 is 0.591 bits per heavy atom. The summed E-state index contributed by atoms with van der Waals surface area (Å²) in [5, 5.41) is 1.27. The molecule has 4 nitrogen and oxygen atoms in total. The van der Waals surface area contributed by atoms with Gasteiger partial charge in [0.2, 0.25) is 0 Å². The molecule has 1 aromatic heterocycles. The largest absolute Gasteiger partial charge is 0.338 e. The number of hydrogen-bond acceptors (Lipinski definition) is 3. The van der Waals surface area contributed by atoms with E-state index in [9.17, 15) is 8.78 Å². The number of benzene rings is 5. The lowest BCUT2D eigenvalue weighted by molar-refractivity contribution is 0.342. The first-order chi connectivity index (χ1) is 32.6. The Balaban J connectivity index is 0.851. The third-order valence-electron chi connectivity index (χ3n) is 14.2. The van der Waals surface area contributed by atoms with Crippen molar-refractivity contribution in [2.45, 2.75) is 63.2 Å². The summed E-state index contributed by atoms with van der Waals surface area (Å²) in [6, 6.07) is 45.9. The van der Waals surface area contributed by atoms with Crippen molar-refractivity contribution in [1.29, 1.82) is 0 Å². The van der Waals surface area contributed by atoms with Crippen LogP contribution in [0.2, 0.25) is 0 Å². The molecule has 6 aliphatic rings. The second kappa shape index (κ2) is 16.8. The normalized spacial score (nSPS) is 20.8. The predicted octanol–water partition coefficient (Wildman–Crippen LogP) is 14.8. The van der Waals surface area contributed by atoms with Crippen LogP contribution in [0, 0.1) is 5.82 Å². The number of rotatable bonds is 9. The fourth-order valence-electron chi connectivity index (χ4n) is 11.1. The van der Waals surface area contributed by atoms with E-state index in [1.165, 1.54) is 67.2 Å². The smallest absolute Gasteiger partial charge is 0.123 e. The summed E-state index contributed by atoms with van der Waals surface area (Å²) < 4.78 is 31.3. The first-order valence-corrected chi connectivity index (χ1v) is 23.4. The first-order valence-electron chi connectivity index (χ1n) is 23.4. The van der Waals surface area contributed by atoms with Crippen LogP contribution in [0.5, 0.6) is 0 Å². The Bertz CT molecular complexity index is 3160. The summed E-state index contributed by atoms with van der Waals surface area (Å²) >= 11 is 0. The minimum atomic E-state index is -0.956. The second-order valence-electron chi connectivity index (χ2n) is 18.0. The van der Waals surface area contributed by atoms with Crippen molar-refractivity contribution in [3.63, 3.8) is 0 Å². The molecular weight excluding hydrogens is 815 g/mol. The average molecular weight is 865 g/mol. The molecule has 12 rings (SSSR count). The molecule has 0 bridgehead atoms. The Morgan fingerprint density at radius 3 is 2.00 bits per heavy atom. The molecule has 1 aliphatic heterocycles.